The van der Waals surface area contributed by atoms with Crippen LogP contribution in [-0.2, 0) is 6.54 Å². The minimum absolute atomic E-state index is 0.144. The summed E-state index contributed by atoms with van der Waals surface area (Å²) >= 11 is 0. The van der Waals surface area contributed by atoms with Crippen molar-refractivity contribution < 1.29 is 14.3 Å². The Morgan fingerprint density at radius 2 is 1.88 bits per heavy atom. The van der Waals surface area contributed by atoms with Crippen molar-refractivity contribution in [3.8, 4) is 11.5 Å². The molecule has 5 nitrogen and oxygen atoms in total. The highest BCUT2D eigenvalue weighted by Crippen LogP contribution is 2.30. The second kappa shape index (κ2) is 6.20. The second-order valence-corrected chi connectivity index (χ2v) is 5.54. The maximum absolute atomic E-state index is 12.5. The molecular formula is C19H16N2O3. The maximum atomic E-state index is 12.5. The quantitative estimate of drug-likeness (QED) is 0.806. The third-order valence-electron chi connectivity index (χ3n) is 3.94. The van der Waals surface area contributed by atoms with Gasteiger partial charge in [0.15, 0.2) is 11.5 Å². The molecule has 1 amide bonds. The highest BCUT2D eigenvalue weighted by atomic mass is 16.6. The summed E-state index contributed by atoms with van der Waals surface area (Å²) in [7, 11) is 0. The molecule has 0 aliphatic carbocycles. The zero-order valence-electron chi connectivity index (χ0n) is 13.0. The van der Waals surface area contributed by atoms with Crippen molar-refractivity contribution in [2.75, 3.05) is 13.2 Å². The number of aromatic nitrogens is 1. The first-order valence-corrected chi connectivity index (χ1v) is 7.82. The van der Waals surface area contributed by atoms with Gasteiger partial charge in [-0.15, -0.1) is 0 Å². The topological polar surface area (TPSA) is 60.5 Å². The highest BCUT2D eigenvalue weighted by molar-refractivity contribution is 6.05. The fourth-order valence-electron chi connectivity index (χ4n) is 2.76. The molecule has 1 aliphatic heterocycles. The second-order valence-electron chi connectivity index (χ2n) is 5.54. The number of nitrogens with zero attached hydrogens (tertiary/aromatic N) is 1. The van der Waals surface area contributed by atoms with Gasteiger partial charge in [-0.3, -0.25) is 9.78 Å². The van der Waals surface area contributed by atoms with Crippen LogP contribution in [0.1, 0.15) is 15.9 Å². The summed E-state index contributed by atoms with van der Waals surface area (Å²) in [6.45, 7) is 1.53. The molecule has 5 heteroatoms. The van der Waals surface area contributed by atoms with Gasteiger partial charge in [0.1, 0.15) is 13.2 Å². The number of hydrogen-bond donors (Lipinski definition) is 1. The minimum atomic E-state index is -0.144. The summed E-state index contributed by atoms with van der Waals surface area (Å²) in [6.07, 6.45) is 1.69. The fraction of sp³-hybridized carbons (Fsp3) is 0.158. The van der Waals surface area contributed by atoms with E-state index in [0.29, 0.717) is 30.8 Å². The number of pyridine rings is 1. The summed E-state index contributed by atoms with van der Waals surface area (Å²) in [4.78, 5) is 16.8. The SMILES string of the molecule is O=C(NCc1ccc2c(c1)OCCO2)c1cccc2cccnc12. The molecule has 2 heterocycles. The number of carbonyl (C=O) groups is 1. The Labute approximate surface area is 139 Å². The predicted molar refractivity (Wildman–Crippen MR) is 90.3 cm³/mol. The Morgan fingerprint density at radius 1 is 1.04 bits per heavy atom. The van der Waals surface area contributed by atoms with E-state index >= 15 is 0 Å². The predicted octanol–water partition coefficient (Wildman–Crippen LogP) is 2.94. The van der Waals surface area contributed by atoms with Crippen LogP contribution in [-0.4, -0.2) is 24.1 Å². The first kappa shape index (κ1) is 14.5. The van der Waals surface area contributed by atoms with Crippen LogP contribution in [0.2, 0.25) is 0 Å². The highest BCUT2D eigenvalue weighted by Gasteiger charge is 2.13. The molecule has 2 aromatic carbocycles. The Balaban J connectivity index is 1.52. The average molecular weight is 320 g/mol. The zero-order chi connectivity index (χ0) is 16.4. The summed E-state index contributed by atoms with van der Waals surface area (Å²) in [5.41, 5.74) is 2.24. The molecule has 24 heavy (non-hydrogen) atoms. The van der Waals surface area contributed by atoms with E-state index in [9.17, 15) is 4.79 Å². The van der Waals surface area contributed by atoms with E-state index in [2.05, 4.69) is 10.3 Å². The molecule has 0 bridgehead atoms. The van der Waals surface area contributed by atoms with Crippen LogP contribution in [0.15, 0.2) is 54.7 Å². The fourth-order valence-corrected chi connectivity index (χ4v) is 2.76. The van der Waals surface area contributed by atoms with E-state index in [1.165, 1.54) is 0 Å². The lowest BCUT2D eigenvalue weighted by Gasteiger charge is -2.19. The number of benzene rings is 2. The molecule has 1 N–H and O–H groups in total. The normalized spacial score (nSPS) is 12.8. The van der Waals surface area contributed by atoms with Crippen molar-refractivity contribution in [1.29, 1.82) is 0 Å². The molecule has 0 saturated carbocycles. The number of fused-ring (bicyclic) bond motifs is 2. The molecule has 0 spiro atoms. The lowest BCUT2D eigenvalue weighted by atomic mass is 10.1. The molecule has 120 valence electrons. The molecule has 0 fully saturated rings. The lowest BCUT2D eigenvalue weighted by molar-refractivity contribution is 0.0952. The van der Waals surface area contributed by atoms with Crippen LogP contribution in [0.4, 0.5) is 0 Å². The third kappa shape index (κ3) is 2.76. The molecule has 4 rings (SSSR count). The van der Waals surface area contributed by atoms with Crippen LogP contribution in [0.5, 0.6) is 11.5 Å². The van der Waals surface area contributed by atoms with Gasteiger partial charge in [0, 0.05) is 18.1 Å². The monoisotopic (exact) mass is 320 g/mol. The van der Waals surface area contributed by atoms with Crippen molar-refractivity contribution in [3.63, 3.8) is 0 Å². The van der Waals surface area contributed by atoms with E-state index in [1.807, 2.05) is 42.5 Å². The molecule has 0 radical (unpaired) electrons. The third-order valence-corrected chi connectivity index (χ3v) is 3.94. The summed E-state index contributed by atoms with van der Waals surface area (Å²) in [6, 6.07) is 15.1. The Morgan fingerprint density at radius 3 is 2.79 bits per heavy atom. The van der Waals surface area contributed by atoms with Gasteiger partial charge in [0.05, 0.1) is 11.1 Å². The van der Waals surface area contributed by atoms with Gasteiger partial charge in [-0.1, -0.05) is 24.3 Å². The number of para-hydroxylation sites is 1. The molecule has 0 unspecified atom stereocenters. The Bertz CT molecular complexity index is 903. The molecule has 0 saturated heterocycles. The van der Waals surface area contributed by atoms with E-state index in [-0.39, 0.29) is 5.91 Å². The van der Waals surface area contributed by atoms with Gasteiger partial charge in [-0.05, 0) is 29.8 Å². The maximum Gasteiger partial charge on any atom is 0.253 e. The smallest absolute Gasteiger partial charge is 0.253 e. The molecule has 1 aromatic heterocycles. The first-order valence-electron chi connectivity index (χ1n) is 7.82. The van der Waals surface area contributed by atoms with Crippen LogP contribution < -0.4 is 14.8 Å². The number of rotatable bonds is 3. The number of nitrogens with one attached hydrogen (secondary N) is 1. The molecule has 1 aliphatic rings. The van der Waals surface area contributed by atoms with E-state index < -0.39 is 0 Å². The Hall–Kier alpha value is -3.08. The van der Waals surface area contributed by atoms with E-state index in [4.69, 9.17) is 9.47 Å². The van der Waals surface area contributed by atoms with Crippen molar-refractivity contribution >= 4 is 16.8 Å². The van der Waals surface area contributed by atoms with E-state index in [0.717, 1.165) is 22.4 Å². The van der Waals surface area contributed by atoms with Crippen LogP contribution >= 0.6 is 0 Å². The average Bonchev–Trinajstić information content (AvgIpc) is 2.65. The number of hydrogen-bond acceptors (Lipinski definition) is 4. The van der Waals surface area contributed by atoms with Gasteiger partial charge in [-0.2, -0.15) is 0 Å². The van der Waals surface area contributed by atoms with Crippen molar-refractivity contribution in [2.24, 2.45) is 0 Å². The van der Waals surface area contributed by atoms with Crippen molar-refractivity contribution in [1.82, 2.24) is 10.3 Å². The summed E-state index contributed by atoms with van der Waals surface area (Å²) < 4.78 is 11.1. The summed E-state index contributed by atoms with van der Waals surface area (Å²) in [5.74, 6) is 1.32. The molecular weight excluding hydrogens is 304 g/mol. The summed E-state index contributed by atoms with van der Waals surface area (Å²) in [5, 5.41) is 3.89. The van der Waals surface area contributed by atoms with Gasteiger partial charge < -0.3 is 14.8 Å². The minimum Gasteiger partial charge on any atom is -0.486 e. The van der Waals surface area contributed by atoms with Gasteiger partial charge in [0.25, 0.3) is 5.91 Å². The van der Waals surface area contributed by atoms with Crippen LogP contribution in [0.25, 0.3) is 10.9 Å². The Kier molecular flexibility index (Phi) is 3.75. The lowest BCUT2D eigenvalue weighted by Crippen LogP contribution is -2.23. The molecule has 3 aromatic rings. The zero-order valence-corrected chi connectivity index (χ0v) is 13.0. The van der Waals surface area contributed by atoms with Crippen molar-refractivity contribution in [3.05, 3.63) is 65.9 Å². The van der Waals surface area contributed by atoms with Crippen molar-refractivity contribution in [2.45, 2.75) is 6.54 Å². The van der Waals surface area contributed by atoms with E-state index in [1.54, 1.807) is 12.3 Å². The number of carbonyl (C=O) groups excluding carboxylic acids is 1. The molecule has 0 atom stereocenters. The van der Waals surface area contributed by atoms with Gasteiger partial charge >= 0.3 is 0 Å². The standard InChI is InChI=1S/C19H16N2O3/c22-19(15-5-1-3-14-4-2-8-20-18(14)15)21-12-13-6-7-16-17(11-13)24-10-9-23-16/h1-8,11H,9-10,12H2,(H,21,22). The van der Waals surface area contributed by atoms with Crippen LogP contribution in [0.3, 0.4) is 0 Å². The number of ether oxygens (including phenoxy) is 2. The largest absolute Gasteiger partial charge is 0.486 e. The number of amides is 1. The van der Waals surface area contributed by atoms with Gasteiger partial charge in [0.2, 0.25) is 0 Å². The van der Waals surface area contributed by atoms with Crippen LogP contribution in [0, 0.1) is 0 Å². The van der Waals surface area contributed by atoms with Gasteiger partial charge in [-0.25, -0.2) is 0 Å². The first-order chi connectivity index (χ1) is 11.8.